The molecule has 5 heterocycles. The molecule has 0 radical (unpaired) electrons. The number of carbonyl (C=O) groups is 2. The Bertz CT molecular complexity index is 1750. The summed E-state index contributed by atoms with van der Waals surface area (Å²) in [6, 6.07) is 6.87. The third kappa shape index (κ3) is 4.94. The summed E-state index contributed by atoms with van der Waals surface area (Å²) in [5.41, 5.74) is 3.35. The van der Waals surface area contributed by atoms with Crippen molar-refractivity contribution < 1.29 is 22.7 Å². The number of amides is 1. The minimum Gasteiger partial charge on any atom is -0.357 e. The number of nitrogens with zero attached hydrogens (tertiary/aromatic N) is 6. The number of sulfonamides is 1. The molecule has 1 N–H and O–H groups in total. The predicted octanol–water partition coefficient (Wildman–Crippen LogP) is 2.66. The van der Waals surface area contributed by atoms with Gasteiger partial charge in [-0.2, -0.15) is 9.40 Å². The molecule has 0 bridgehead atoms. The number of ether oxygens (including phenoxy) is 1. The van der Waals surface area contributed by atoms with Gasteiger partial charge in [-0.05, 0) is 43.9 Å². The first kappa shape index (κ1) is 27.2. The molecular formula is C28H31N7O5S. The third-order valence-corrected chi connectivity index (χ3v) is 9.71. The smallest absolute Gasteiger partial charge is 0.268 e. The molecule has 1 unspecified atom stereocenters. The minimum absolute atomic E-state index is 0.0676. The lowest BCUT2D eigenvalue weighted by Crippen LogP contribution is -2.37. The maximum Gasteiger partial charge on any atom is 0.268 e. The molecule has 1 saturated heterocycles. The number of rotatable bonds is 7. The van der Waals surface area contributed by atoms with Crippen LogP contribution in [0.25, 0.3) is 10.9 Å². The molecule has 3 aromatic heterocycles. The summed E-state index contributed by atoms with van der Waals surface area (Å²) in [4.78, 5) is 33.8. The van der Waals surface area contributed by atoms with Crippen molar-refractivity contribution in [2.24, 2.45) is 7.05 Å². The van der Waals surface area contributed by atoms with Gasteiger partial charge < -0.3 is 14.6 Å². The monoisotopic (exact) mass is 577 g/mol. The molecule has 1 fully saturated rings. The van der Waals surface area contributed by atoms with Crippen molar-refractivity contribution >= 4 is 33.1 Å². The van der Waals surface area contributed by atoms with Gasteiger partial charge in [0.1, 0.15) is 28.3 Å². The summed E-state index contributed by atoms with van der Waals surface area (Å²) in [6.45, 7) is 3.03. The van der Waals surface area contributed by atoms with Gasteiger partial charge in [0.2, 0.25) is 10.0 Å². The average Bonchev–Trinajstić information content (AvgIpc) is 3.56. The minimum atomic E-state index is -4.08. The standard InChI is InChI=1S/C28H31N7O5S/c1-18-29-15-21-19(6-5-7-22(21)32-18)13-30-28(37)24-12-26(25(17-36)33(24)2)41(38,39)34-10-9-23-20(16-34)14-31-35(23)27-8-3-4-11-40-27/h5-7,12,14-15,17,27H,3-4,8-11,13,16H2,1-2H3,(H,30,37). The SMILES string of the molecule is Cc1ncc2c(CNC(=O)c3cc(S(=O)(=O)N4CCc5c(cnn5C5CCCCO5)C4)c(C=O)n3C)cccc2n1. The summed E-state index contributed by atoms with van der Waals surface area (Å²) in [6.07, 6.45) is 7.20. The van der Waals surface area contributed by atoms with Gasteiger partial charge in [0.05, 0.1) is 11.7 Å². The van der Waals surface area contributed by atoms with Gasteiger partial charge in [0.15, 0.2) is 6.29 Å². The van der Waals surface area contributed by atoms with E-state index in [0.29, 0.717) is 25.1 Å². The van der Waals surface area contributed by atoms with Crippen molar-refractivity contribution in [2.75, 3.05) is 13.2 Å². The molecule has 214 valence electrons. The summed E-state index contributed by atoms with van der Waals surface area (Å²) >= 11 is 0. The molecular weight excluding hydrogens is 546 g/mol. The second-order valence-electron chi connectivity index (χ2n) is 10.4. The summed E-state index contributed by atoms with van der Waals surface area (Å²) in [5.74, 6) is 0.145. The lowest BCUT2D eigenvalue weighted by Gasteiger charge is -2.29. The Hall–Kier alpha value is -3.94. The van der Waals surface area contributed by atoms with E-state index in [1.807, 2.05) is 29.8 Å². The van der Waals surface area contributed by atoms with Gasteiger partial charge >= 0.3 is 0 Å². The molecule has 2 aliphatic rings. The second-order valence-corrected chi connectivity index (χ2v) is 12.3. The second kappa shape index (κ2) is 10.8. The van der Waals surface area contributed by atoms with Crippen molar-refractivity contribution in [3.63, 3.8) is 0 Å². The van der Waals surface area contributed by atoms with Crippen LogP contribution in [0.4, 0.5) is 0 Å². The van der Waals surface area contributed by atoms with Crippen molar-refractivity contribution in [3.8, 4) is 0 Å². The Labute approximate surface area is 237 Å². The molecule has 6 rings (SSSR count). The van der Waals surface area contributed by atoms with Gasteiger partial charge in [-0.25, -0.2) is 23.1 Å². The third-order valence-electron chi connectivity index (χ3n) is 7.84. The van der Waals surface area contributed by atoms with E-state index < -0.39 is 15.9 Å². The van der Waals surface area contributed by atoms with Crippen molar-refractivity contribution in [3.05, 3.63) is 70.7 Å². The van der Waals surface area contributed by atoms with Crippen LogP contribution in [0.2, 0.25) is 0 Å². The van der Waals surface area contributed by atoms with Crippen LogP contribution in [0, 0.1) is 6.92 Å². The number of hydrogen-bond acceptors (Lipinski definition) is 8. The Morgan fingerprint density at radius 3 is 2.88 bits per heavy atom. The van der Waals surface area contributed by atoms with Gasteiger partial charge in [0, 0.05) is 62.6 Å². The van der Waals surface area contributed by atoms with E-state index in [1.54, 1.807) is 12.4 Å². The Morgan fingerprint density at radius 1 is 1.24 bits per heavy atom. The number of aryl methyl sites for hydroxylation is 1. The fourth-order valence-corrected chi connectivity index (χ4v) is 7.25. The zero-order chi connectivity index (χ0) is 28.7. The van der Waals surface area contributed by atoms with Crippen LogP contribution in [-0.4, -0.2) is 62.4 Å². The summed E-state index contributed by atoms with van der Waals surface area (Å²) in [5, 5.41) is 8.16. The Morgan fingerprint density at radius 2 is 2.10 bits per heavy atom. The first-order valence-corrected chi connectivity index (χ1v) is 15.0. The highest BCUT2D eigenvalue weighted by molar-refractivity contribution is 7.89. The number of carbonyl (C=O) groups excluding carboxylic acids is 2. The van der Waals surface area contributed by atoms with Crippen LogP contribution in [0.3, 0.4) is 0 Å². The Balaban J connectivity index is 1.22. The van der Waals surface area contributed by atoms with E-state index in [0.717, 1.165) is 47.0 Å². The van der Waals surface area contributed by atoms with Gasteiger partial charge in [-0.3, -0.25) is 9.59 Å². The van der Waals surface area contributed by atoms with Crippen molar-refractivity contribution in [1.29, 1.82) is 0 Å². The average molecular weight is 578 g/mol. The largest absolute Gasteiger partial charge is 0.357 e. The Kier molecular flexibility index (Phi) is 7.18. The van der Waals surface area contributed by atoms with E-state index in [4.69, 9.17) is 4.74 Å². The van der Waals surface area contributed by atoms with Crippen LogP contribution in [0.15, 0.2) is 41.6 Å². The highest BCUT2D eigenvalue weighted by Gasteiger charge is 2.35. The normalized spacial score (nSPS) is 17.9. The lowest BCUT2D eigenvalue weighted by molar-refractivity contribution is -0.0414. The van der Waals surface area contributed by atoms with Crippen LogP contribution < -0.4 is 5.32 Å². The highest BCUT2D eigenvalue weighted by atomic mass is 32.2. The molecule has 0 aliphatic carbocycles. The first-order valence-electron chi connectivity index (χ1n) is 13.6. The quantitative estimate of drug-likeness (QED) is 0.331. The highest BCUT2D eigenvalue weighted by Crippen LogP contribution is 2.31. The maximum absolute atomic E-state index is 13.8. The number of aromatic nitrogens is 5. The van der Waals surface area contributed by atoms with Crippen molar-refractivity contribution in [1.82, 2.24) is 33.9 Å². The number of nitrogens with one attached hydrogen (secondary N) is 1. The van der Waals surface area contributed by atoms with E-state index in [9.17, 15) is 18.0 Å². The molecule has 41 heavy (non-hydrogen) atoms. The van der Waals surface area contributed by atoms with E-state index in [2.05, 4.69) is 20.4 Å². The van der Waals surface area contributed by atoms with Gasteiger partial charge in [-0.1, -0.05) is 12.1 Å². The van der Waals surface area contributed by atoms with Crippen molar-refractivity contribution in [2.45, 2.75) is 56.8 Å². The summed E-state index contributed by atoms with van der Waals surface area (Å²) < 4.78 is 38.0. The van der Waals surface area contributed by atoms with Gasteiger partial charge in [0.25, 0.3) is 5.91 Å². The summed E-state index contributed by atoms with van der Waals surface area (Å²) in [7, 11) is -2.57. The fraction of sp³-hybridized carbons (Fsp3) is 0.393. The number of fused-ring (bicyclic) bond motifs is 2. The molecule has 12 nitrogen and oxygen atoms in total. The fourth-order valence-electron chi connectivity index (χ4n) is 5.62. The van der Waals surface area contributed by atoms with E-state index >= 15 is 0 Å². The topological polar surface area (TPSA) is 141 Å². The maximum atomic E-state index is 13.8. The molecule has 2 aliphatic heterocycles. The molecule has 1 aromatic carbocycles. The molecule has 0 spiro atoms. The zero-order valence-electron chi connectivity index (χ0n) is 22.9. The van der Waals surface area contributed by atoms with E-state index in [-0.39, 0.29) is 42.1 Å². The molecule has 13 heteroatoms. The first-order chi connectivity index (χ1) is 19.8. The van der Waals surface area contributed by atoms with Crippen LogP contribution in [-0.2, 0) is 41.3 Å². The molecule has 1 atom stereocenters. The van der Waals surface area contributed by atoms with Crippen LogP contribution in [0.5, 0.6) is 0 Å². The molecule has 1 amide bonds. The predicted molar refractivity (Wildman–Crippen MR) is 149 cm³/mol. The van der Waals surface area contributed by atoms with Gasteiger partial charge in [-0.15, -0.1) is 0 Å². The zero-order valence-corrected chi connectivity index (χ0v) is 23.7. The van der Waals surface area contributed by atoms with Crippen LogP contribution >= 0.6 is 0 Å². The number of benzene rings is 1. The lowest BCUT2D eigenvalue weighted by atomic mass is 10.1. The number of aldehydes is 1. The molecule has 4 aromatic rings. The number of hydrogen-bond donors (Lipinski definition) is 1. The van der Waals surface area contributed by atoms with E-state index in [1.165, 1.54) is 22.0 Å². The van der Waals surface area contributed by atoms with Crippen LogP contribution in [0.1, 0.15) is 69.1 Å². The molecule has 0 saturated carbocycles.